The molecule has 0 radical (unpaired) electrons. The number of nitrogens with zero attached hydrogens (tertiary/aromatic N) is 2. The van der Waals surface area contributed by atoms with Crippen LogP contribution in [0.5, 0.6) is 5.75 Å². The zero-order valence-electron chi connectivity index (χ0n) is 16.8. The van der Waals surface area contributed by atoms with Crippen molar-refractivity contribution in [3.05, 3.63) is 71.4 Å². The van der Waals surface area contributed by atoms with Crippen LogP contribution >= 0.6 is 0 Å². The van der Waals surface area contributed by atoms with Crippen molar-refractivity contribution in [2.45, 2.75) is 6.54 Å². The molecule has 0 spiro atoms. The third-order valence-corrected chi connectivity index (χ3v) is 4.72. The SMILES string of the molecule is COC(=O)C1=C(C(=O)OC)N(c2ccccc2)CN(Cc2ccc(OC)cc2)C1. The number of ether oxygens (including phenoxy) is 3. The van der Waals surface area contributed by atoms with Crippen LogP contribution in [0, 0.1) is 0 Å². The minimum atomic E-state index is -0.571. The van der Waals surface area contributed by atoms with E-state index >= 15 is 0 Å². The standard InChI is InChI=1S/C22H24N2O5/c1-27-18-11-9-16(10-12-18)13-23-14-19(21(25)28-2)20(22(26)29-3)24(15-23)17-7-5-4-6-8-17/h4-12H,13-15H2,1-3H3. The van der Waals surface area contributed by atoms with Gasteiger partial charge in [-0.1, -0.05) is 30.3 Å². The van der Waals surface area contributed by atoms with Crippen LogP contribution in [0.3, 0.4) is 0 Å². The Morgan fingerprint density at radius 1 is 0.897 bits per heavy atom. The maximum atomic E-state index is 12.6. The molecular weight excluding hydrogens is 372 g/mol. The van der Waals surface area contributed by atoms with Crippen molar-refractivity contribution in [2.75, 3.05) is 39.4 Å². The predicted octanol–water partition coefficient (Wildman–Crippen LogP) is 2.58. The number of hydrogen-bond donors (Lipinski definition) is 0. The molecule has 0 unspecified atom stereocenters. The second-order valence-electron chi connectivity index (χ2n) is 6.55. The molecule has 29 heavy (non-hydrogen) atoms. The number of carbonyl (C=O) groups is 2. The Balaban J connectivity index is 1.98. The first-order valence-electron chi connectivity index (χ1n) is 9.15. The number of methoxy groups -OCH3 is 3. The molecule has 3 rings (SSSR count). The first-order chi connectivity index (χ1) is 14.1. The minimum Gasteiger partial charge on any atom is -0.497 e. The van der Waals surface area contributed by atoms with Crippen molar-refractivity contribution >= 4 is 17.6 Å². The number of para-hydroxylation sites is 1. The van der Waals surface area contributed by atoms with Gasteiger partial charge in [0.15, 0.2) is 0 Å². The van der Waals surface area contributed by atoms with E-state index in [9.17, 15) is 9.59 Å². The first kappa shape index (κ1) is 20.4. The Kier molecular flexibility index (Phi) is 6.51. The molecule has 0 N–H and O–H groups in total. The fourth-order valence-electron chi connectivity index (χ4n) is 3.31. The summed E-state index contributed by atoms with van der Waals surface area (Å²) in [6.45, 7) is 1.27. The van der Waals surface area contributed by atoms with Crippen LogP contribution in [-0.2, 0) is 25.6 Å². The third kappa shape index (κ3) is 4.57. The van der Waals surface area contributed by atoms with Gasteiger partial charge < -0.3 is 19.1 Å². The Morgan fingerprint density at radius 3 is 2.14 bits per heavy atom. The van der Waals surface area contributed by atoms with Crippen LogP contribution in [0.15, 0.2) is 65.9 Å². The molecule has 2 aromatic carbocycles. The lowest BCUT2D eigenvalue weighted by Crippen LogP contribution is -2.47. The largest absolute Gasteiger partial charge is 0.497 e. The molecule has 0 amide bonds. The minimum absolute atomic E-state index is 0.205. The van der Waals surface area contributed by atoms with E-state index in [1.807, 2.05) is 54.6 Å². The molecule has 0 atom stereocenters. The van der Waals surface area contributed by atoms with E-state index in [0.29, 0.717) is 13.2 Å². The van der Waals surface area contributed by atoms with Crippen molar-refractivity contribution in [3.8, 4) is 5.75 Å². The molecule has 0 saturated heterocycles. The molecule has 2 aromatic rings. The van der Waals surface area contributed by atoms with E-state index in [1.165, 1.54) is 14.2 Å². The average molecular weight is 396 g/mol. The summed E-state index contributed by atoms with van der Waals surface area (Å²) in [6, 6.07) is 17.2. The van der Waals surface area contributed by atoms with Crippen LogP contribution in [0.2, 0.25) is 0 Å². The quantitative estimate of drug-likeness (QED) is 0.695. The monoisotopic (exact) mass is 396 g/mol. The predicted molar refractivity (Wildman–Crippen MR) is 108 cm³/mol. The zero-order valence-corrected chi connectivity index (χ0v) is 16.8. The summed E-state index contributed by atoms with van der Waals surface area (Å²) in [4.78, 5) is 28.9. The molecule has 0 saturated carbocycles. The van der Waals surface area contributed by atoms with E-state index in [0.717, 1.165) is 17.0 Å². The van der Waals surface area contributed by atoms with Crippen molar-refractivity contribution in [1.82, 2.24) is 4.90 Å². The molecule has 0 bridgehead atoms. The van der Waals surface area contributed by atoms with Crippen LogP contribution in [0.4, 0.5) is 5.69 Å². The van der Waals surface area contributed by atoms with Crippen LogP contribution in [0.25, 0.3) is 0 Å². The summed E-state index contributed by atoms with van der Waals surface area (Å²) in [6.07, 6.45) is 0. The van der Waals surface area contributed by atoms with Gasteiger partial charge in [0.25, 0.3) is 0 Å². The highest BCUT2D eigenvalue weighted by Gasteiger charge is 2.35. The second-order valence-corrected chi connectivity index (χ2v) is 6.55. The highest BCUT2D eigenvalue weighted by atomic mass is 16.5. The molecule has 1 aliphatic rings. The van der Waals surface area contributed by atoms with E-state index in [2.05, 4.69) is 4.90 Å². The van der Waals surface area contributed by atoms with Gasteiger partial charge in [0, 0.05) is 18.8 Å². The van der Waals surface area contributed by atoms with Crippen LogP contribution in [-0.4, -0.2) is 51.4 Å². The molecule has 7 nitrogen and oxygen atoms in total. The topological polar surface area (TPSA) is 68.3 Å². The van der Waals surface area contributed by atoms with E-state index < -0.39 is 11.9 Å². The van der Waals surface area contributed by atoms with Gasteiger partial charge in [0.05, 0.1) is 33.6 Å². The van der Waals surface area contributed by atoms with Crippen LogP contribution < -0.4 is 9.64 Å². The Morgan fingerprint density at radius 2 is 1.55 bits per heavy atom. The zero-order chi connectivity index (χ0) is 20.8. The summed E-state index contributed by atoms with van der Waals surface area (Å²) in [5.74, 6) is -0.342. The number of anilines is 1. The number of rotatable bonds is 6. The molecule has 1 heterocycles. The average Bonchev–Trinajstić information content (AvgIpc) is 2.78. The smallest absolute Gasteiger partial charge is 0.355 e. The van der Waals surface area contributed by atoms with Gasteiger partial charge in [-0.15, -0.1) is 0 Å². The third-order valence-electron chi connectivity index (χ3n) is 4.72. The van der Waals surface area contributed by atoms with Crippen LogP contribution in [0.1, 0.15) is 5.56 Å². The molecule has 7 heteroatoms. The van der Waals surface area contributed by atoms with Crippen molar-refractivity contribution in [2.24, 2.45) is 0 Å². The molecule has 0 aromatic heterocycles. The van der Waals surface area contributed by atoms with Gasteiger partial charge in [-0.25, -0.2) is 9.59 Å². The maximum Gasteiger partial charge on any atom is 0.355 e. The van der Waals surface area contributed by atoms with Gasteiger partial charge >= 0.3 is 11.9 Å². The van der Waals surface area contributed by atoms with E-state index in [1.54, 1.807) is 12.0 Å². The first-order valence-corrected chi connectivity index (χ1v) is 9.15. The van der Waals surface area contributed by atoms with E-state index in [4.69, 9.17) is 14.2 Å². The normalized spacial score (nSPS) is 14.5. The summed E-state index contributed by atoms with van der Waals surface area (Å²) >= 11 is 0. The molecule has 0 fully saturated rings. The van der Waals surface area contributed by atoms with Gasteiger partial charge in [-0.3, -0.25) is 4.90 Å². The number of carbonyl (C=O) groups excluding carboxylic acids is 2. The lowest BCUT2D eigenvalue weighted by Gasteiger charge is -2.38. The van der Waals surface area contributed by atoms with Gasteiger partial charge in [0.2, 0.25) is 0 Å². The Bertz CT molecular complexity index is 893. The number of esters is 2. The summed E-state index contributed by atoms with van der Waals surface area (Å²) in [5.41, 5.74) is 2.32. The van der Waals surface area contributed by atoms with Crippen molar-refractivity contribution in [3.63, 3.8) is 0 Å². The van der Waals surface area contributed by atoms with E-state index in [-0.39, 0.29) is 17.8 Å². The second kappa shape index (κ2) is 9.25. The van der Waals surface area contributed by atoms with Crippen molar-refractivity contribution in [1.29, 1.82) is 0 Å². The van der Waals surface area contributed by atoms with Gasteiger partial charge in [0.1, 0.15) is 11.4 Å². The highest BCUT2D eigenvalue weighted by Crippen LogP contribution is 2.28. The molecule has 152 valence electrons. The Labute approximate surface area is 170 Å². The molecule has 1 aliphatic heterocycles. The maximum absolute atomic E-state index is 12.6. The van der Waals surface area contributed by atoms with Gasteiger partial charge in [-0.05, 0) is 29.8 Å². The summed E-state index contributed by atoms with van der Waals surface area (Å²) in [7, 11) is 4.23. The number of benzene rings is 2. The fourth-order valence-corrected chi connectivity index (χ4v) is 3.31. The molecular formula is C22H24N2O5. The fraction of sp³-hybridized carbons (Fsp3) is 0.273. The highest BCUT2D eigenvalue weighted by molar-refractivity contribution is 6.03. The number of hydrogen-bond acceptors (Lipinski definition) is 7. The lowest BCUT2D eigenvalue weighted by atomic mass is 10.1. The lowest BCUT2D eigenvalue weighted by molar-refractivity contribution is -0.140. The summed E-state index contributed by atoms with van der Waals surface area (Å²) < 4.78 is 15.1. The molecule has 0 aliphatic carbocycles. The Hall–Kier alpha value is -3.32. The summed E-state index contributed by atoms with van der Waals surface area (Å²) in [5, 5.41) is 0. The van der Waals surface area contributed by atoms with Gasteiger partial charge in [-0.2, -0.15) is 0 Å². The van der Waals surface area contributed by atoms with Crippen molar-refractivity contribution < 1.29 is 23.8 Å².